The highest BCUT2D eigenvalue weighted by molar-refractivity contribution is 7.86. The Morgan fingerprint density at radius 3 is 2.47 bits per heavy atom. The second-order valence-corrected chi connectivity index (χ2v) is 5.29. The first-order valence-corrected chi connectivity index (χ1v) is 6.53. The van der Waals surface area contributed by atoms with Crippen molar-refractivity contribution in [2.24, 2.45) is 0 Å². The van der Waals surface area contributed by atoms with Crippen LogP contribution in [0.1, 0.15) is 18.1 Å². The largest absolute Gasteiger partial charge is 0.508 e. The monoisotopic (exact) mass is 260 g/mol. The number of methoxy groups -OCH3 is 1. The molecule has 0 bridgehead atoms. The number of hydrogen-bond donors (Lipinski definition) is 2. The predicted octanol–water partition coefficient (Wildman–Crippen LogP) is 1.52. The molecule has 0 aliphatic heterocycles. The van der Waals surface area contributed by atoms with Crippen LogP contribution in [0.25, 0.3) is 0 Å². The van der Waals surface area contributed by atoms with Gasteiger partial charge in [-0.1, -0.05) is 6.07 Å². The molecule has 17 heavy (non-hydrogen) atoms. The fourth-order valence-corrected chi connectivity index (χ4v) is 2.64. The first kappa shape index (κ1) is 14.0. The topological polar surface area (TPSA) is 83.8 Å². The number of phenols is 1. The van der Waals surface area contributed by atoms with E-state index in [1.54, 1.807) is 13.8 Å². The fourth-order valence-electron chi connectivity index (χ4n) is 1.66. The van der Waals surface area contributed by atoms with Crippen LogP contribution >= 0.6 is 0 Å². The molecule has 96 valence electrons. The van der Waals surface area contributed by atoms with Crippen molar-refractivity contribution in [2.45, 2.75) is 31.3 Å². The Morgan fingerprint density at radius 2 is 2.00 bits per heavy atom. The maximum Gasteiger partial charge on any atom is 0.295 e. The summed E-state index contributed by atoms with van der Waals surface area (Å²) >= 11 is 0. The van der Waals surface area contributed by atoms with Gasteiger partial charge in [0.15, 0.2) is 0 Å². The maximum atomic E-state index is 11.3. The van der Waals surface area contributed by atoms with E-state index in [9.17, 15) is 18.1 Å². The van der Waals surface area contributed by atoms with Crippen LogP contribution in [0.4, 0.5) is 0 Å². The summed E-state index contributed by atoms with van der Waals surface area (Å²) < 4.78 is 36.8. The van der Waals surface area contributed by atoms with E-state index >= 15 is 0 Å². The summed E-state index contributed by atoms with van der Waals surface area (Å²) in [6.07, 6.45) is -0.0534. The summed E-state index contributed by atoms with van der Waals surface area (Å²) in [5, 5.41) is 9.69. The molecule has 1 atom stereocenters. The summed E-state index contributed by atoms with van der Waals surface area (Å²) in [5.41, 5.74) is 0.574. The zero-order valence-corrected chi connectivity index (χ0v) is 10.8. The number of aryl methyl sites for hydroxylation is 1. The molecule has 1 aromatic rings. The molecule has 0 saturated heterocycles. The van der Waals surface area contributed by atoms with Gasteiger partial charge in [-0.3, -0.25) is 4.55 Å². The average molecular weight is 260 g/mol. The zero-order valence-electron chi connectivity index (χ0n) is 9.97. The minimum atomic E-state index is -4.36. The molecule has 6 heteroatoms. The van der Waals surface area contributed by atoms with Crippen LogP contribution in [-0.2, 0) is 21.3 Å². The lowest BCUT2D eigenvalue weighted by Gasteiger charge is -2.15. The molecule has 0 fully saturated rings. The average Bonchev–Trinajstić information content (AvgIpc) is 2.21. The molecule has 0 radical (unpaired) electrons. The van der Waals surface area contributed by atoms with Gasteiger partial charge in [0.1, 0.15) is 10.6 Å². The molecule has 2 N–H and O–H groups in total. The van der Waals surface area contributed by atoms with E-state index in [2.05, 4.69) is 0 Å². The second-order valence-electron chi connectivity index (χ2n) is 3.93. The van der Waals surface area contributed by atoms with Crippen LogP contribution in [-0.4, -0.2) is 31.3 Å². The van der Waals surface area contributed by atoms with E-state index in [0.717, 1.165) is 0 Å². The van der Waals surface area contributed by atoms with E-state index in [4.69, 9.17) is 4.74 Å². The Balaban J connectivity index is 3.41. The Labute approximate surface area is 101 Å². The summed E-state index contributed by atoms with van der Waals surface area (Å²) in [7, 11) is -2.87. The van der Waals surface area contributed by atoms with Gasteiger partial charge in [-0.15, -0.1) is 0 Å². The lowest BCUT2D eigenvalue weighted by atomic mass is 10.0. The summed E-state index contributed by atoms with van der Waals surface area (Å²) in [6, 6.07) is 2.85. The van der Waals surface area contributed by atoms with Crippen molar-refractivity contribution in [1.29, 1.82) is 0 Å². The SMILES string of the molecule is CO[C@H](C)Cc1c(O)ccc(C)c1S(=O)(=O)O. The molecule has 0 heterocycles. The Morgan fingerprint density at radius 1 is 1.41 bits per heavy atom. The number of ether oxygens (including phenoxy) is 1. The van der Waals surface area contributed by atoms with E-state index in [1.807, 2.05) is 0 Å². The van der Waals surface area contributed by atoms with Crippen LogP contribution < -0.4 is 0 Å². The normalized spacial score (nSPS) is 13.6. The highest BCUT2D eigenvalue weighted by Crippen LogP contribution is 2.29. The van der Waals surface area contributed by atoms with Gasteiger partial charge < -0.3 is 9.84 Å². The van der Waals surface area contributed by atoms with Crippen LogP contribution in [0.2, 0.25) is 0 Å². The van der Waals surface area contributed by atoms with Crippen LogP contribution in [0.3, 0.4) is 0 Å². The molecule has 0 spiro atoms. The Kier molecular flexibility index (Phi) is 4.13. The quantitative estimate of drug-likeness (QED) is 0.802. The number of phenolic OH excluding ortho intramolecular Hbond substituents is 1. The number of benzene rings is 1. The van der Waals surface area contributed by atoms with Gasteiger partial charge >= 0.3 is 0 Å². The summed E-state index contributed by atoms with van der Waals surface area (Å²) in [5.74, 6) is -0.160. The molecule has 0 aliphatic carbocycles. The first-order chi connectivity index (χ1) is 7.77. The van der Waals surface area contributed by atoms with Crippen molar-refractivity contribution in [3.8, 4) is 5.75 Å². The van der Waals surface area contributed by atoms with E-state index in [-0.39, 0.29) is 28.7 Å². The Hall–Kier alpha value is -1.11. The van der Waals surface area contributed by atoms with Crippen LogP contribution in [0.15, 0.2) is 17.0 Å². The van der Waals surface area contributed by atoms with E-state index in [0.29, 0.717) is 5.56 Å². The highest BCUT2D eigenvalue weighted by Gasteiger charge is 2.22. The Bertz CT molecular complexity index is 507. The van der Waals surface area contributed by atoms with Gasteiger partial charge in [0.05, 0.1) is 6.10 Å². The van der Waals surface area contributed by atoms with Gasteiger partial charge in [0.2, 0.25) is 0 Å². The molecule has 0 saturated carbocycles. The molecular weight excluding hydrogens is 244 g/mol. The van der Waals surface area contributed by atoms with Gasteiger partial charge in [-0.05, 0) is 25.5 Å². The zero-order chi connectivity index (χ0) is 13.2. The van der Waals surface area contributed by atoms with Crippen LogP contribution in [0.5, 0.6) is 5.75 Å². The number of aromatic hydroxyl groups is 1. The lowest BCUT2D eigenvalue weighted by molar-refractivity contribution is 0.117. The van der Waals surface area contributed by atoms with Crippen molar-refractivity contribution in [3.63, 3.8) is 0 Å². The molecule has 0 amide bonds. The van der Waals surface area contributed by atoms with Gasteiger partial charge in [-0.25, -0.2) is 0 Å². The molecule has 0 aliphatic rings. The molecular formula is C11H16O5S. The van der Waals surface area contributed by atoms with Gasteiger partial charge in [-0.2, -0.15) is 8.42 Å². The van der Waals surface area contributed by atoms with Gasteiger partial charge in [0.25, 0.3) is 10.1 Å². The van der Waals surface area contributed by atoms with Crippen LogP contribution in [0, 0.1) is 6.92 Å². The third-order valence-electron chi connectivity index (χ3n) is 2.58. The predicted molar refractivity (Wildman–Crippen MR) is 62.8 cm³/mol. The number of rotatable bonds is 4. The second kappa shape index (κ2) is 5.03. The molecule has 0 unspecified atom stereocenters. The van der Waals surface area contributed by atoms with Crippen molar-refractivity contribution in [1.82, 2.24) is 0 Å². The summed E-state index contributed by atoms with van der Waals surface area (Å²) in [4.78, 5) is -0.235. The minimum Gasteiger partial charge on any atom is -0.508 e. The third kappa shape index (κ3) is 3.18. The number of hydrogen-bond acceptors (Lipinski definition) is 4. The lowest BCUT2D eigenvalue weighted by Crippen LogP contribution is -2.13. The molecule has 1 aromatic carbocycles. The van der Waals surface area contributed by atoms with Crippen molar-refractivity contribution in [2.75, 3.05) is 7.11 Å². The first-order valence-electron chi connectivity index (χ1n) is 5.09. The van der Waals surface area contributed by atoms with Crippen molar-refractivity contribution in [3.05, 3.63) is 23.3 Å². The third-order valence-corrected chi connectivity index (χ3v) is 3.67. The standard InChI is InChI=1S/C11H16O5S/c1-7-4-5-10(12)9(6-8(2)16-3)11(7)17(13,14)15/h4-5,8,12H,6H2,1-3H3,(H,13,14,15)/t8-/m1/s1. The van der Waals surface area contributed by atoms with E-state index < -0.39 is 10.1 Å². The minimum absolute atomic E-state index is 0.160. The molecule has 0 aromatic heterocycles. The highest BCUT2D eigenvalue weighted by atomic mass is 32.2. The molecule has 1 rings (SSSR count). The fraction of sp³-hybridized carbons (Fsp3) is 0.455. The van der Waals surface area contributed by atoms with Gasteiger partial charge in [0, 0.05) is 19.1 Å². The smallest absolute Gasteiger partial charge is 0.295 e. The molecule has 5 nitrogen and oxygen atoms in total. The van der Waals surface area contributed by atoms with Crippen molar-refractivity contribution < 1.29 is 22.8 Å². The summed E-state index contributed by atoms with van der Waals surface area (Å²) in [6.45, 7) is 3.30. The van der Waals surface area contributed by atoms with E-state index in [1.165, 1.54) is 19.2 Å². The maximum absolute atomic E-state index is 11.3. The van der Waals surface area contributed by atoms with Crippen molar-refractivity contribution >= 4 is 10.1 Å².